The molecule has 1 aromatic heterocycles. The molecule has 1 saturated carbocycles. The van der Waals surface area contributed by atoms with Crippen LogP contribution in [0.5, 0.6) is 5.75 Å². The fraction of sp³-hybridized carbons (Fsp3) is 0.435. The Labute approximate surface area is 173 Å². The summed E-state index contributed by atoms with van der Waals surface area (Å²) in [5.41, 5.74) is 2.70. The molecular weight excluding hydrogens is 391 g/mol. The first kappa shape index (κ1) is 20.4. The van der Waals surface area contributed by atoms with Gasteiger partial charge in [0.2, 0.25) is 0 Å². The fourth-order valence-corrected chi connectivity index (χ4v) is 4.64. The number of phenolic OH excluding ortho intramolecular Hbond substituents is 1. The summed E-state index contributed by atoms with van der Waals surface area (Å²) in [5, 5.41) is 20.9. The van der Waals surface area contributed by atoms with Gasteiger partial charge >= 0.3 is 6.18 Å². The topological polar surface area (TPSA) is 52.2 Å². The molecule has 0 spiro atoms. The van der Waals surface area contributed by atoms with E-state index in [0.717, 1.165) is 38.1 Å². The third-order valence-electron chi connectivity index (χ3n) is 6.31. The molecule has 1 aliphatic heterocycles. The summed E-state index contributed by atoms with van der Waals surface area (Å²) in [6.45, 7) is 3.05. The number of alkyl halides is 3. The fourth-order valence-electron chi connectivity index (χ4n) is 4.64. The zero-order valence-electron chi connectivity index (χ0n) is 17.0. The van der Waals surface area contributed by atoms with Crippen molar-refractivity contribution < 1.29 is 18.3 Å². The molecule has 1 aromatic carbocycles. The Morgan fingerprint density at radius 2 is 1.93 bits per heavy atom. The molecule has 2 aliphatic rings. The number of aryl methyl sites for hydroxylation is 1. The lowest BCUT2D eigenvalue weighted by Crippen LogP contribution is -2.43. The van der Waals surface area contributed by atoms with E-state index in [0.29, 0.717) is 27.9 Å². The zero-order valence-corrected chi connectivity index (χ0v) is 17.0. The van der Waals surface area contributed by atoms with Gasteiger partial charge in [0.25, 0.3) is 0 Å². The highest BCUT2D eigenvalue weighted by atomic mass is 19.4. The van der Waals surface area contributed by atoms with Gasteiger partial charge < -0.3 is 14.6 Å². The lowest BCUT2D eigenvalue weighted by atomic mass is 10.0. The molecule has 0 amide bonds. The summed E-state index contributed by atoms with van der Waals surface area (Å²) in [5.74, 6) is 0.0761. The largest absolute Gasteiger partial charge is 0.508 e. The number of hydrogen-bond donors (Lipinski definition) is 1. The molecule has 0 saturated heterocycles. The van der Waals surface area contributed by atoms with Gasteiger partial charge in [-0.2, -0.15) is 18.4 Å². The number of aromatic nitrogens is 1. The summed E-state index contributed by atoms with van der Waals surface area (Å²) < 4.78 is 42.9. The highest BCUT2D eigenvalue weighted by molar-refractivity contribution is 5.94. The molecule has 2 heterocycles. The van der Waals surface area contributed by atoms with Crippen molar-refractivity contribution >= 4 is 16.6 Å². The maximum atomic E-state index is 13.6. The van der Waals surface area contributed by atoms with Gasteiger partial charge in [0.1, 0.15) is 17.9 Å². The minimum Gasteiger partial charge on any atom is -0.508 e. The van der Waals surface area contributed by atoms with Crippen molar-refractivity contribution in [1.82, 2.24) is 9.47 Å². The van der Waals surface area contributed by atoms with E-state index in [9.17, 15) is 23.5 Å². The third kappa shape index (κ3) is 3.24. The van der Waals surface area contributed by atoms with Crippen LogP contribution in [0.4, 0.5) is 13.2 Å². The number of allylic oxidation sites excluding steroid dienone is 2. The smallest absolute Gasteiger partial charge is 0.408 e. The van der Waals surface area contributed by atoms with Crippen LogP contribution in [0, 0.1) is 18.3 Å². The number of hydrogen-bond acceptors (Lipinski definition) is 3. The lowest BCUT2D eigenvalue weighted by molar-refractivity contribution is -0.169. The maximum Gasteiger partial charge on any atom is 0.408 e. The molecular formula is C23H24F3N3O. The van der Waals surface area contributed by atoms with Crippen LogP contribution in [-0.2, 0) is 0 Å². The van der Waals surface area contributed by atoms with Gasteiger partial charge in [-0.15, -0.1) is 0 Å². The number of phenols is 1. The summed E-state index contributed by atoms with van der Waals surface area (Å²) in [6, 6.07) is 4.05. The van der Waals surface area contributed by atoms with Crippen molar-refractivity contribution in [2.75, 3.05) is 6.54 Å². The van der Waals surface area contributed by atoms with Crippen molar-refractivity contribution in [3.8, 4) is 11.8 Å². The van der Waals surface area contributed by atoms with Crippen LogP contribution in [0.1, 0.15) is 55.5 Å². The van der Waals surface area contributed by atoms with Crippen molar-refractivity contribution in [2.24, 2.45) is 0 Å². The third-order valence-corrected chi connectivity index (χ3v) is 6.31. The van der Waals surface area contributed by atoms with Crippen LogP contribution in [-0.4, -0.2) is 33.3 Å². The Hall–Kier alpha value is -2.88. The Morgan fingerprint density at radius 3 is 2.57 bits per heavy atom. The highest BCUT2D eigenvalue weighted by Crippen LogP contribution is 2.43. The van der Waals surface area contributed by atoms with Gasteiger partial charge in [0, 0.05) is 18.0 Å². The van der Waals surface area contributed by atoms with Gasteiger partial charge in [-0.25, -0.2) is 0 Å². The molecule has 30 heavy (non-hydrogen) atoms. The number of fused-ring (bicyclic) bond motifs is 1. The standard InChI is InChI=1S/C23H24F3N3O/c1-14-11-20-17(12-21(14)30)18(13-27)22(29(20)16-7-3-4-8-16)19-9-5-6-10-28(19)15(2)23(24,25)26/h5-6,9,11-12,15-16,30H,3-4,7-8,10H2,1-2H3/t15-/m1/s1. The van der Waals surface area contributed by atoms with Crippen LogP contribution >= 0.6 is 0 Å². The first-order chi connectivity index (χ1) is 14.2. The molecule has 0 bridgehead atoms. The second kappa shape index (κ2) is 7.42. The predicted octanol–water partition coefficient (Wildman–Crippen LogP) is 5.81. The molecule has 1 atom stereocenters. The molecule has 158 valence electrons. The Morgan fingerprint density at radius 1 is 1.23 bits per heavy atom. The monoisotopic (exact) mass is 415 g/mol. The number of rotatable bonds is 3. The minimum atomic E-state index is -4.39. The van der Waals surface area contributed by atoms with Crippen molar-refractivity contribution in [3.63, 3.8) is 0 Å². The summed E-state index contributed by atoms with van der Waals surface area (Å²) in [6.07, 6.45) is 4.63. The van der Waals surface area contributed by atoms with Crippen LogP contribution < -0.4 is 0 Å². The van der Waals surface area contributed by atoms with Crippen LogP contribution in [0.3, 0.4) is 0 Å². The highest BCUT2D eigenvalue weighted by Gasteiger charge is 2.42. The van der Waals surface area contributed by atoms with Crippen molar-refractivity contribution in [3.05, 3.63) is 47.2 Å². The Kier molecular flexibility index (Phi) is 5.05. The summed E-state index contributed by atoms with van der Waals surface area (Å²) in [4.78, 5) is 1.31. The van der Waals surface area contributed by atoms with Gasteiger partial charge in [-0.3, -0.25) is 0 Å². The number of nitrogens with zero attached hydrogens (tertiary/aromatic N) is 3. The minimum absolute atomic E-state index is 0.0761. The zero-order chi connectivity index (χ0) is 21.6. The van der Waals surface area contributed by atoms with Gasteiger partial charge in [-0.1, -0.05) is 25.0 Å². The number of halogens is 3. The maximum absolute atomic E-state index is 13.6. The van der Waals surface area contributed by atoms with Gasteiger partial charge in [0.15, 0.2) is 0 Å². The van der Waals surface area contributed by atoms with Crippen LogP contribution in [0.25, 0.3) is 16.6 Å². The second-order valence-electron chi connectivity index (χ2n) is 8.15. The number of aromatic hydroxyl groups is 1. The number of nitriles is 1. The Balaban J connectivity index is 2.01. The SMILES string of the molecule is Cc1cc2c(cc1O)c(C#N)c(C1=CC=CCN1[C@H](C)C(F)(F)F)n2C1CCCC1. The quantitative estimate of drug-likeness (QED) is 0.689. The van der Waals surface area contributed by atoms with Crippen LogP contribution in [0.15, 0.2) is 30.4 Å². The van der Waals surface area contributed by atoms with E-state index in [1.807, 2.05) is 6.07 Å². The van der Waals surface area contributed by atoms with Gasteiger partial charge in [0.05, 0.1) is 22.5 Å². The normalized spacial score (nSPS) is 18.7. The Bertz CT molecular complexity index is 1080. The van der Waals surface area contributed by atoms with E-state index < -0.39 is 12.2 Å². The van der Waals surface area contributed by atoms with E-state index >= 15 is 0 Å². The molecule has 4 rings (SSSR count). The molecule has 1 aliphatic carbocycles. The van der Waals surface area contributed by atoms with E-state index in [4.69, 9.17) is 0 Å². The molecule has 1 fully saturated rings. The summed E-state index contributed by atoms with van der Waals surface area (Å²) in [7, 11) is 0. The molecule has 1 N–H and O–H groups in total. The van der Waals surface area contributed by atoms with E-state index in [2.05, 4.69) is 10.6 Å². The molecule has 0 unspecified atom stereocenters. The van der Waals surface area contributed by atoms with Crippen molar-refractivity contribution in [2.45, 2.75) is 57.8 Å². The average Bonchev–Trinajstić information content (AvgIpc) is 3.33. The molecule has 0 radical (unpaired) electrons. The second-order valence-corrected chi connectivity index (χ2v) is 8.15. The first-order valence-corrected chi connectivity index (χ1v) is 10.2. The van der Waals surface area contributed by atoms with E-state index in [1.165, 1.54) is 4.90 Å². The molecule has 7 heteroatoms. The van der Waals surface area contributed by atoms with E-state index in [1.54, 1.807) is 31.2 Å². The summed E-state index contributed by atoms with van der Waals surface area (Å²) >= 11 is 0. The lowest BCUT2D eigenvalue weighted by Gasteiger charge is -2.36. The molecule has 2 aromatic rings. The predicted molar refractivity (Wildman–Crippen MR) is 110 cm³/mol. The van der Waals surface area contributed by atoms with Crippen molar-refractivity contribution in [1.29, 1.82) is 5.26 Å². The molecule has 4 nitrogen and oxygen atoms in total. The first-order valence-electron chi connectivity index (χ1n) is 10.2. The number of benzene rings is 1. The van der Waals surface area contributed by atoms with Gasteiger partial charge in [-0.05, 0) is 50.5 Å². The average molecular weight is 415 g/mol. The van der Waals surface area contributed by atoms with E-state index in [-0.39, 0.29) is 18.3 Å². The van der Waals surface area contributed by atoms with Crippen LogP contribution in [0.2, 0.25) is 0 Å².